The molecule has 0 unspecified atom stereocenters. The van der Waals surface area contributed by atoms with Gasteiger partial charge < -0.3 is 15.0 Å². The number of para-hydroxylation sites is 1. The normalized spacial score (nSPS) is 10.9. The highest BCUT2D eigenvalue weighted by Gasteiger charge is 2.12. The molecule has 2 aromatic carbocycles. The third kappa shape index (κ3) is 5.36. The third-order valence-corrected chi connectivity index (χ3v) is 4.48. The third-order valence-electron chi connectivity index (χ3n) is 4.48. The van der Waals surface area contributed by atoms with Crippen LogP contribution in [0.15, 0.2) is 49.1 Å². The Hall–Kier alpha value is -2.26. The van der Waals surface area contributed by atoms with E-state index >= 15 is 0 Å². The minimum atomic E-state index is 0.546. The number of hydrogen-bond donors (Lipinski definition) is 2. The van der Waals surface area contributed by atoms with Crippen molar-refractivity contribution in [2.45, 2.75) is 53.0 Å². The van der Waals surface area contributed by atoms with Gasteiger partial charge in [0.1, 0.15) is 5.75 Å². The van der Waals surface area contributed by atoms with E-state index < -0.39 is 0 Å². The molecule has 0 fully saturated rings. The number of nitrogens with one attached hydrogen (secondary N) is 2. The zero-order valence-corrected chi connectivity index (χ0v) is 17.3. The predicted octanol–water partition coefficient (Wildman–Crippen LogP) is 6.23. The summed E-state index contributed by atoms with van der Waals surface area (Å²) >= 11 is 0. The van der Waals surface area contributed by atoms with E-state index in [0.717, 1.165) is 38.2 Å². The summed E-state index contributed by atoms with van der Waals surface area (Å²) < 4.78 is 6.11. The van der Waals surface area contributed by atoms with Crippen molar-refractivity contribution < 1.29 is 4.74 Å². The molecule has 3 nitrogen and oxygen atoms in total. The lowest BCUT2D eigenvalue weighted by atomic mass is 10.1. The average molecular weight is 367 g/mol. The van der Waals surface area contributed by atoms with E-state index in [1.807, 2.05) is 19.9 Å². The Labute approximate surface area is 163 Å². The van der Waals surface area contributed by atoms with Crippen molar-refractivity contribution in [2.24, 2.45) is 0 Å². The van der Waals surface area contributed by atoms with E-state index in [-0.39, 0.29) is 0 Å². The van der Waals surface area contributed by atoms with Crippen LogP contribution in [-0.4, -0.2) is 24.2 Å². The molecule has 0 radical (unpaired) electrons. The molecule has 2 N–H and O–H groups in total. The second kappa shape index (κ2) is 10.8. The quantitative estimate of drug-likeness (QED) is 0.348. The van der Waals surface area contributed by atoms with E-state index in [0.29, 0.717) is 6.04 Å². The molecule has 0 bridgehead atoms. The van der Waals surface area contributed by atoms with Crippen molar-refractivity contribution in [1.29, 1.82) is 0 Å². The Bertz CT molecular complexity index is 848. The summed E-state index contributed by atoms with van der Waals surface area (Å²) in [6.45, 7) is 14.1. The lowest BCUT2D eigenvalue weighted by Gasteiger charge is -2.12. The predicted molar refractivity (Wildman–Crippen MR) is 119 cm³/mol. The van der Waals surface area contributed by atoms with Crippen LogP contribution in [0.1, 0.15) is 46.1 Å². The van der Waals surface area contributed by atoms with Gasteiger partial charge in [-0.25, -0.2) is 0 Å². The Kier molecular flexibility index (Phi) is 8.41. The van der Waals surface area contributed by atoms with E-state index in [1.54, 1.807) is 0 Å². The fourth-order valence-electron chi connectivity index (χ4n) is 3.24. The number of hydrogen-bond acceptors (Lipinski definition) is 2. The molecule has 0 saturated heterocycles. The SMILES string of the molecule is C=CCc1c(OCCCCNC(C)C)ccc2c1[nH]c1ccccc12.CC. The summed E-state index contributed by atoms with van der Waals surface area (Å²) in [7, 11) is 0. The second-order valence-electron chi connectivity index (χ2n) is 6.79. The minimum absolute atomic E-state index is 0.546. The maximum atomic E-state index is 6.11. The first-order valence-corrected chi connectivity index (χ1v) is 10.2. The molecule has 0 aliphatic rings. The molecule has 0 saturated carbocycles. The minimum Gasteiger partial charge on any atom is -0.493 e. The van der Waals surface area contributed by atoms with Crippen LogP contribution >= 0.6 is 0 Å². The van der Waals surface area contributed by atoms with Gasteiger partial charge in [-0.2, -0.15) is 0 Å². The van der Waals surface area contributed by atoms with Gasteiger partial charge in [0, 0.05) is 27.9 Å². The molecule has 3 heteroatoms. The number of aromatic amines is 1. The Morgan fingerprint density at radius 2 is 1.85 bits per heavy atom. The summed E-state index contributed by atoms with van der Waals surface area (Å²) in [6, 6.07) is 13.2. The van der Waals surface area contributed by atoms with Gasteiger partial charge in [0.15, 0.2) is 0 Å². The first-order chi connectivity index (χ1) is 13.2. The van der Waals surface area contributed by atoms with Gasteiger partial charge in [-0.05, 0) is 44.0 Å². The van der Waals surface area contributed by atoms with Gasteiger partial charge in [-0.3, -0.25) is 0 Å². The standard InChI is InChI=1S/C22H28N2O.C2H6/c1-4-9-19-21(25-15-8-7-14-23-16(2)3)13-12-18-17-10-5-6-11-20(17)24-22(18)19;1-2/h4-6,10-13,16,23-24H,1,7-9,14-15H2,2-3H3;1-2H3. The number of unbranched alkanes of at least 4 members (excludes halogenated alkanes) is 1. The average Bonchev–Trinajstić information content (AvgIpc) is 3.06. The van der Waals surface area contributed by atoms with Gasteiger partial charge in [-0.1, -0.05) is 52.0 Å². The number of ether oxygens (including phenoxy) is 1. The smallest absolute Gasteiger partial charge is 0.124 e. The first kappa shape index (κ1) is 21.0. The zero-order chi connectivity index (χ0) is 19.6. The van der Waals surface area contributed by atoms with Gasteiger partial charge in [0.2, 0.25) is 0 Å². The van der Waals surface area contributed by atoms with Crippen molar-refractivity contribution in [1.82, 2.24) is 10.3 Å². The molecule has 0 aliphatic heterocycles. The van der Waals surface area contributed by atoms with Crippen LogP contribution in [0.5, 0.6) is 5.75 Å². The second-order valence-corrected chi connectivity index (χ2v) is 6.79. The van der Waals surface area contributed by atoms with Crippen LogP contribution in [0.2, 0.25) is 0 Å². The molecule has 0 atom stereocenters. The van der Waals surface area contributed by atoms with Gasteiger partial charge in [0.05, 0.1) is 12.1 Å². The Morgan fingerprint density at radius 1 is 1.07 bits per heavy atom. The van der Waals surface area contributed by atoms with E-state index in [2.05, 4.69) is 67.1 Å². The van der Waals surface area contributed by atoms with E-state index in [4.69, 9.17) is 4.74 Å². The Morgan fingerprint density at radius 3 is 2.59 bits per heavy atom. The zero-order valence-electron chi connectivity index (χ0n) is 17.3. The number of fused-ring (bicyclic) bond motifs is 3. The van der Waals surface area contributed by atoms with Gasteiger partial charge in [0.25, 0.3) is 0 Å². The van der Waals surface area contributed by atoms with Crippen molar-refractivity contribution in [3.8, 4) is 5.75 Å². The monoisotopic (exact) mass is 366 g/mol. The molecule has 3 rings (SSSR count). The van der Waals surface area contributed by atoms with E-state index in [9.17, 15) is 0 Å². The van der Waals surface area contributed by atoms with Gasteiger partial charge >= 0.3 is 0 Å². The fourth-order valence-corrected chi connectivity index (χ4v) is 3.24. The van der Waals surface area contributed by atoms with Crippen LogP contribution in [0.4, 0.5) is 0 Å². The summed E-state index contributed by atoms with van der Waals surface area (Å²) in [5, 5.41) is 5.95. The first-order valence-electron chi connectivity index (χ1n) is 10.2. The number of aromatic nitrogens is 1. The molecule has 0 amide bonds. The Balaban J connectivity index is 0.00000126. The van der Waals surface area contributed by atoms with Crippen LogP contribution in [0, 0.1) is 0 Å². The van der Waals surface area contributed by atoms with Crippen molar-refractivity contribution >= 4 is 21.8 Å². The number of allylic oxidation sites excluding steroid dienone is 1. The van der Waals surface area contributed by atoms with Crippen molar-refractivity contribution in [3.63, 3.8) is 0 Å². The maximum absolute atomic E-state index is 6.11. The van der Waals surface area contributed by atoms with Crippen molar-refractivity contribution in [3.05, 3.63) is 54.6 Å². The topological polar surface area (TPSA) is 37.0 Å². The lowest BCUT2D eigenvalue weighted by molar-refractivity contribution is 0.303. The molecule has 27 heavy (non-hydrogen) atoms. The highest BCUT2D eigenvalue weighted by atomic mass is 16.5. The summed E-state index contributed by atoms with van der Waals surface area (Å²) in [5.41, 5.74) is 3.53. The highest BCUT2D eigenvalue weighted by molar-refractivity contribution is 6.08. The number of benzene rings is 2. The fraction of sp³-hybridized carbons (Fsp3) is 0.417. The largest absolute Gasteiger partial charge is 0.493 e. The molecular formula is C24H34N2O. The van der Waals surface area contributed by atoms with Crippen LogP contribution in [0.25, 0.3) is 21.8 Å². The summed E-state index contributed by atoms with van der Waals surface area (Å²) in [5.74, 6) is 0.968. The molecule has 0 aliphatic carbocycles. The summed E-state index contributed by atoms with van der Waals surface area (Å²) in [4.78, 5) is 3.56. The molecular weight excluding hydrogens is 332 g/mol. The molecule has 1 aromatic heterocycles. The van der Waals surface area contributed by atoms with Crippen LogP contribution in [-0.2, 0) is 6.42 Å². The molecule has 1 heterocycles. The molecule has 0 spiro atoms. The molecule has 3 aromatic rings. The number of rotatable bonds is 9. The molecule has 146 valence electrons. The van der Waals surface area contributed by atoms with Crippen molar-refractivity contribution in [2.75, 3.05) is 13.2 Å². The van der Waals surface area contributed by atoms with E-state index in [1.165, 1.54) is 27.4 Å². The summed E-state index contributed by atoms with van der Waals surface area (Å²) in [6.07, 6.45) is 4.93. The van der Waals surface area contributed by atoms with Crippen LogP contribution in [0.3, 0.4) is 0 Å². The van der Waals surface area contributed by atoms with Crippen LogP contribution < -0.4 is 10.1 Å². The highest BCUT2D eigenvalue weighted by Crippen LogP contribution is 2.33. The van der Waals surface area contributed by atoms with Gasteiger partial charge in [-0.15, -0.1) is 6.58 Å². The number of H-pyrrole nitrogens is 1. The maximum Gasteiger partial charge on any atom is 0.124 e. The lowest BCUT2D eigenvalue weighted by Crippen LogP contribution is -2.23.